The molecule has 1 aliphatic rings. The first kappa shape index (κ1) is 21.7. The maximum atomic E-state index is 13.6. The van der Waals surface area contributed by atoms with Crippen molar-refractivity contribution in [3.05, 3.63) is 35.1 Å². The van der Waals surface area contributed by atoms with Crippen LogP contribution in [0.2, 0.25) is 0 Å². The summed E-state index contributed by atoms with van der Waals surface area (Å²) >= 11 is 0. The highest BCUT2D eigenvalue weighted by atomic mass is 19.4. The summed E-state index contributed by atoms with van der Waals surface area (Å²) < 4.78 is 52.6. The number of alkyl halides is 3. The Bertz CT molecular complexity index is 658. The smallest absolute Gasteiger partial charge is 0.351 e. The molecule has 152 valence electrons. The van der Waals surface area contributed by atoms with E-state index in [9.17, 15) is 22.4 Å². The van der Waals surface area contributed by atoms with Gasteiger partial charge >= 0.3 is 6.18 Å². The number of amides is 1. The number of carbonyl (C=O) groups excluding carboxylic acids is 1. The van der Waals surface area contributed by atoms with E-state index in [1.165, 1.54) is 6.07 Å². The first-order valence-electron chi connectivity index (χ1n) is 9.37. The number of nitrogens with zero attached hydrogens (tertiary/aromatic N) is 1. The molecule has 1 aliphatic heterocycles. The maximum Gasteiger partial charge on any atom is 0.419 e. The molecule has 1 aromatic carbocycles. The third-order valence-corrected chi connectivity index (χ3v) is 4.72. The highest BCUT2D eigenvalue weighted by Gasteiger charge is 2.37. The van der Waals surface area contributed by atoms with Gasteiger partial charge in [0.2, 0.25) is 5.91 Å². The molecule has 3 nitrogen and oxygen atoms in total. The molecule has 1 amide bonds. The van der Waals surface area contributed by atoms with Crippen LogP contribution in [-0.2, 0) is 17.5 Å². The Labute approximate surface area is 158 Å². The predicted octanol–water partition coefficient (Wildman–Crippen LogP) is 4.61. The van der Waals surface area contributed by atoms with E-state index in [0.29, 0.717) is 24.4 Å². The van der Waals surface area contributed by atoms with Gasteiger partial charge in [-0.1, -0.05) is 33.8 Å². The molecule has 0 saturated carbocycles. The van der Waals surface area contributed by atoms with Gasteiger partial charge in [0.05, 0.1) is 11.6 Å². The zero-order chi connectivity index (χ0) is 20.4. The van der Waals surface area contributed by atoms with Crippen LogP contribution < -0.4 is 5.32 Å². The molecule has 2 rings (SSSR count). The Morgan fingerprint density at radius 1 is 1.15 bits per heavy atom. The van der Waals surface area contributed by atoms with Crippen LogP contribution in [0.3, 0.4) is 0 Å². The molecule has 1 fully saturated rings. The molecule has 0 spiro atoms. The van der Waals surface area contributed by atoms with Crippen molar-refractivity contribution in [2.24, 2.45) is 11.8 Å². The minimum absolute atomic E-state index is 0.0385. The van der Waals surface area contributed by atoms with E-state index in [0.717, 1.165) is 18.6 Å². The van der Waals surface area contributed by atoms with Gasteiger partial charge in [-0.05, 0) is 42.4 Å². The second-order valence-corrected chi connectivity index (χ2v) is 8.22. The summed E-state index contributed by atoms with van der Waals surface area (Å²) in [6, 6.07) is 2.63. The van der Waals surface area contributed by atoms with Crippen molar-refractivity contribution in [2.75, 3.05) is 6.54 Å². The zero-order valence-electron chi connectivity index (χ0n) is 16.2. The molecule has 0 bridgehead atoms. The van der Waals surface area contributed by atoms with Gasteiger partial charge in [0.15, 0.2) is 0 Å². The Balaban J connectivity index is 2.26. The number of nitrogens with one attached hydrogen (secondary N) is 1. The second kappa shape index (κ2) is 8.59. The highest BCUT2D eigenvalue weighted by Crippen LogP contribution is 2.32. The fraction of sp³-hybridized carbons (Fsp3) is 0.650. The van der Waals surface area contributed by atoms with Gasteiger partial charge in [-0.2, -0.15) is 13.2 Å². The Kier molecular flexibility index (Phi) is 6.89. The third-order valence-electron chi connectivity index (χ3n) is 4.72. The molecule has 2 unspecified atom stereocenters. The number of benzene rings is 1. The molecule has 1 N–H and O–H groups in total. The molecule has 0 aliphatic carbocycles. The van der Waals surface area contributed by atoms with Crippen molar-refractivity contribution in [1.82, 2.24) is 10.2 Å². The van der Waals surface area contributed by atoms with E-state index in [1.54, 1.807) is 0 Å². The summed E-state index contributed by atoms with van der Waals surface area (Å²) in [4.78, 5) is 14.5. The lowest BCUT2D eigenvalue weighted by molar-refractivity contribution is -0.140. The monoisotopic (exact) mass is 388 g/mol. The Morgan fingerprint density at radius 3 is 2.33 bits per heavy atom. The minimum Gasteiger partial charge on any atom is -0.351 e. The topological polar surface area (TPSA) is 32.3 Å². The summed E-state index contributed by atoms with van der Waals surface area (Å²) in [7, 11) is 0. The van der Waals surface area contributed by atoms with E-state index in [1.807, 2.05) is 18.7 Å². The molecule has 27 heavy (non-hydrogen) atoms. The lowest BCUT2D eigenvalue weighted by Crippen LogP contribution is -2.60. The Morgan fingerprint density at radius 2 is 1.78 bits per heavy atom. The quantitative estimate of drug-likeness (QED) is 0.722. The SMILES string of the molecule is CC(C)CC1CN(Cc2ccc(F)c(C(F)(F)F)c2)C(CC(C)C)C(=O)N1. The summed E-state index contributed by atoms with van der Waals surface area (Å²) in [5, 5.41) is 3.04. The lowest BCUT2D eigenvalue weighted by atomic mass is 9.94. The van der Waals surface area contributed by atoms with Crippen LogP contribution in [-0.4, -0.2) is 29.4 Å². The molecule has 1 heterocycles. The Hall–Kier alpha value is -1.63. The minimum atomic E-state index is -4.74. The summed E-state index contributed by atoms with van der Waals surface area (Å²) in [6.45, 7) is 8.89. The van der Waals surface area contributed by atoms with Crippen LogP contribution in [0.15, 0.2) is 18.2 Å². The van der Waals surface area contributed by atoms with Crippen LogP contribution in [0, 0.1) is 17.7 Å². The largest absolute Gasteiger partial charge is 0.419 e. The van der Waals surface area contributed by atoms with Crippen LogP contribution in [0.5, 0.6) is 0 Å². The van der Waals surface area contributed by atoms with Crippen molar-refractivity contribution in [1.29, 1.82) is 0 Å². The van der Waals surface area contributed by atoms with Crippen molar-refractivity contribution in [2.45, 2.75) is 65.3 Å². The van der Waals surface area contributed by atoms with Crippen LogP contribution >= 0.6 is 0 Å². The average Bonchev–Trinajstić information content (AvgIpc) is 2.50. The van der Waals surface area contributed by atoms with Crippen molar-refractivity contribution < 1.29 is 22.4 Å². The van der Waals surface area contributed by atoms with E-state index >= 15 is 0 Å². The maximum absolute atomic E-state index is 13.6. The van der Waals surface area contributed by atoms with Crippen LogP contribution in [0.25, 0.3) is 0 Å². The van der Waals surface area contributed by atoms with Crippen LogP contribution in [0.1, 0.15) is 51.7 Å². The highest BCUT2D eigenvalue weighted by molar-refractivity contribution is 5.82. The molecule has 1 saturated heterocycles. The molecule has 0 radical (unpaired) electrons. The van der Waals surface area contributed by atoms with Crippen molar-refractivity contribution in [3.8, 4) is 0 Å². The lowest BCUT2D eigenvalue weighted by Gasteiger charge is -2.40. The molecular formula is C20H28F4N2O. The number of rotatable bonds is 6. The predicted molar refractivity (Wildman–Crippen MR) is 96.4 cm³/mol. The van der Waals surface area contributed by atoms with Gasteiger partial charge in [-0.3, -0.25) is 9.69 Å². The van der Waals surface area contributed by atoms with Crippen molar-refractivity contribution in [3.63, 3.8) is 0 Å². The fourth-order valence-electron chi connectivity index (χ4n) is 3.62. The number of halogens is 4. The number of hydrogen-bond acceptors (Lipinski definition) is 2. The molecule has 7 heteroatoms. The molecule has 2 atom stereocenters. The molecule has 1 aromatic rings. The van der Waals surface area contributed by atoms with Gasteiger partial charge < -0.3 is 5.32 Å². The van der Waals surface area contributed by atoms with Crippen molar-refractivity contribution >= 4 is 5.91 Å². The third kappa shape index (κ3) is 5.92. The summed E-state index contributed by atoms with van der Waals surface area (Å²) in [5.74, 6) is -0.705. The first-order valence-corrected chi connectivity index (χ1v) is 9.37. The fourth-order valence-corrected chi connectivity index (χ4v) is 3.62. The van der Waals surface area contributed by atoms with E-state index in [-0.39, 0.29) is 24.4 Å². The van der Waals surface area contributed by atoms with Gasteiger partial charge in [0, 0.05) is 19.1 Å². The van der Waals surface area contributed by atoms with E-state index < -0.39 is 23.6 Å². The number of piperazine rings is 1. The second-order valence-electron chi connectivity index (χ2n) is 8.22. The summed E-state index contributed by atoms with van der Waals surface area (Å²) in [5.41, 5.74) is -0.906. The first-order chi connectivity index (χ1) is 12.5. The van der Waals surface area contributed by atoms with Crippen LogP contribution in [0.4, 0.5) is 17.6 Å². The summed E-state index contributed by atoms with van der Waals surface area (Å²) in [6.07, 6.45) is -3.32. The van der Waals surface area contributed by atoms with E-state index in [4.69, 9.17) is 0 Å². The average molecular weight is 388 g/mol. The van der Waals surface area contributed by atoms with Gasteiger partial charge in [-0.15, -0.1) is 0 Å². The van der Waals surface area contributed by atoms with Gasteiger partial charge in [0.25, 0.3) is 0 Å². The zero-order valence-corrected chi connectivity index (χ0v) is 16.2. The molecular weight excluding hydrogens is 360 g/mol. The number of carbonyl (C=O) groups is 1. The number of hydrogen-bond donors (Lipinski definition) is 1. The van der Waals surface area contributed by atoms with Gasteiger partial charge in [0.1, 0.15) is 5.82 Å². The molecule has 0 aromatic heterocycles. The van der Waals surface area contributed by atoms with E-state index in [2.05, 4.69) is 19.2 Å². The van der Waals surface area contributed by atoms with Gasteiger partial charge in [-0.25, -0.2) is 4.39 Å². The normalized spacial score (nSPS) is 21.8. The standard InChI is InChI=1S/C20H28F4N2O/c1-12(2)7-15-11-26(18(8-13(3)4)19(27)25-15)10-14-5-6-17(21)16(9-14)20(22,23)24/h5-6,9,12-13,15,18H,7-8,10-11H2,1-4H3,(H,25,27).